The normalized spacial score (nSPS) is 10.2. The van der Waals surface area contributed by atoms with E-state index in [2.05, 4.69) is 22.6 Å². The molecule has 5 heteroatoms. The van der Waals surface area contributed by atoms with Crippen LogP contribution in [-0.4, -0.2) is 18.8 Å². The van der Waals surface area contributed by atoms with Crippen molar-refractivity contribution in [2.45, 2.75) is 19.9 Å². The fourth-order valence-corrected chi connectivity index (χ4v) is 2.84. The Balaban J connectivity index is 2.40. The molecule has 0 saturated carbocycles. The van der Waals surface area contributed by atoms with Crippen molar-refractivity contribution in [1.82, 2.24) is 0 Å². The van der Waals surface area contributed by atoms with Gasteiger partial charge in [-0.05, 0) is 47.2 Å². The van der Waals surface area contributed by atoms with Gasteiger partial charge in [-0.15, -0.1) is 0 Å². The predicted octanol–water partition coefficient (Wildman–Crippen LogP) is 3.81. The molecule has 2 aromatic rings. The van der Waals surface area contributed by atoms with Gasteiger partial charge in [0.2, 0.25) is 5.91 Å². The van der Waals surface area contributed by atoms with E-state index < -0.39 is 0 Å². The number of hydrogen-bond acceptors (Lipinski definition) is 3. The van der Waals surface area contributed by atoms with E-state index in [1.165, 1.54) is 6.92 Å². The van der Waals surface area contributed by atoms with Gasteiger partial charge in [-0.2, -0.15) is 0 Å². The minimum absolute atomic E-state index is 0.111. The third kappa shape index (κ3) is 4.79. The topological polar surface area (TPSA) is 46.6 Å². The standard InChI is InChI=1S/C18H18INO3/c1-13(21)10-18(22)20(12-14-6-4-3-5-7-14)17-11-15(23-2)8-9-16(17)19/h3-9,11H,10,12H2,1-2H3. The van der Waals surface area contributed by atoms with E-state index in [1.807, 2.05) is 48.5 Å². The van der Waals surface area contributed by atoms with Gasteiger partial charge in [0.1, 0.15) is 11.5 Å². The van der Waals surface area contributed by atoms with E-state index in [0.717, 1.165) is 14.8 Å². The predicted molar refractivity (Wildman–Crippen MR) is 98.6 cm³/mol. The fourth-order valence-electron chi connectivity index (χ4n) is 2.21. The van der Waals surface area contributed by atoms with Crippen LogP contribution in [0.4, 0.5) is 5.69 Å². The van der Waals surface area contributed by atoms with Crippen LogP contribution in [0.2, 0.25) is 0 Å². The van der Waals surface area contributed by atoms with Crippen molar-refractivity contribution in [3.05, 3.63) is 57.7 Å². The Morgan fingerprint density at radius 3 is 2.43 bits per heavy atom. The molecule has 1 amide bonds. The number of amides is 1. The molecule has 23 heavy (non-hydrogen) atoms. The zero-order chi connectivity index (χ0) is 16.8. The van der Waals surface area contributed by atoms with Gasteiger partial charge in [-0.25, -0.2) is 0 Å². The van der Waals surface area contributed by atoms with Crippen molar-refractivity contribution in [2.75, 3.05) is 12.0 Å². The number of rotatable bonds is 6. The van der Waals surface area contributed by atoms with Crippen LogP contribution in [0.1, 0.15) is 18.9 Å². The second-order valence-corrected chi connectivity index (χ2v) is 6.32. The van der Waals surface area contributed by atoms with Crippen molar-refractivity contribution in [1.29, 1.82) is 0 Å². The summed E-state index contributed by atoms with van der Waals surface area (Å²) in [5.41, 5.74) is 1.75. The average Bonchev–Trinajstić information content (AvgIpc) is 2.53. The molecule has 0 aliphatic heterocycles. The molecule has 0 N–H and O–H groups in total. The molecular weight excluding hydrogens is 405 g/mol. The summed E-state index contributed by atoms with van der Waals surface area (Å²) >= 11 is 2.18. The lowest BCUT2D eigenvalue weighted by Gasteiger charge is -2.24. The summed E-state index contributed by atoms with van der Waals surface area (Å²) in [6.45, 7) is 1.84. The second-order valence-electron chi connectivity index (χ2n) is 5.16. The smallest absolute Gasteiger partial charge is 0.234 e. The number of ether oxygens (including phenoxy) is 1. The number of hydrogen-bond donors (Lipinski definition) is 0. The van der Waals surface area contributed by atoms with Crippen molar-refractivity contribution in [3.63, 3.8) is 0 Å². The molecule has 2 aromatic carbocycles. The number of nitrogens with zero attached hydrogens (tertiary/aromatic N) is 1. The first-order valence-corrected chi connectivity index (χ1v) is 8.26. The number of methoxy groups -OCH3 is 1. The number of anilines is 1. The summed E-state index contributed by atoms with van der Waals surface area (Å²) < 4.78 is 6.19. The lowest BCUT2D eigenvalue weighted by Crippen LogP contribution is -2.32. The molecule has 4 nitrogen and oxygen atoms in total. The number of ketones is 1. The van der Waals surface area contributed by atoms with Crippen LogP contribution in [0.25, 0.3) is 0 Å². The summed E-state index contributed by atoms with van der Waals surface area (Å²) in [5, 5.41) is 0. The summed E-state index contributed by atoms with van der Waals surface area (Å²) in [6, 6.07) is 15.3. The molecular formula is C18H18INO3. The van der Waals surface area contributed by atoms with Crippen LogP contribution < -0.4 is 9.64 Å². The van der Waals surface area contributed by atoms with Crippen molar-refractivity contribution in [2.24, 2.45) is 0 Å². The first-order chi connectivity index (χ1) is 11.0. The molecule has 0 aromatic heterocycles. The molecule has 0 aliphatic rings. The largest absolute Gasteiger partial charge is 0.497 e. The maximum Gasteiger partial charge on any atom is 0.234 e. The number of carbonyl (C=O) groups is 2. The summed E-state index contributed by atoms with van der Waals surface area (Å²) in [5.74, 6) is 0.313. The third-order valence-electron chi connectivity index (χ3n) is 3.33. The molecule has 0 spiro atoms. The van der Waals surface area contributed by atoms with Crippen LogP contribution in [-0.2, 0) is 16.1 Å². The molecule has 0 atom stereocenters. The molecule has 0 heterocycles. The van der Waals surface area contributed by atoms with Gasteiger partial charge in [0.25, 0.3) is 0 Å². The molecule has 2 rings (SSSR count). The SMILES string of the molecule is COc1ccc(I)c(N(Cc2ccccc2)C(=O)CC(C)=O)c1. The molecule has 120 valence electrons. The van der Waals surface area contributed by atoms with Crippen LogP contribution in [0.5, 0.6) is 5.75 Å². The first kappa shape index (κ1) is 17.5. The van der Waals surface area contributed by atoms with Gasteiger partial charge < -0.3 is 9.64 Å². The lowest BCUT2D eigenvalue weighted by molar-refractivity contribution is -0.125. The molecule has 0 aliphatic carbocycles. The van der Waals surface area contributed by atoms with E-state index in [-0.39, 0.29) is 18.1 Å². The lowest BCUT2D eigenvalue weighted by atomic mass is 10.1. The molecule has 0 unspecified atom stereocenters. The molecule has 0 bridgehead atoms. The van der Waals surface area contributed by atoms with Crippen molar-refractivity contribution < 1.29 is 14.3 Å². The van der Waals surface area contributed by atoms with Crippen LogP contribution in [0.3, 0.4) is 0 Å². The highest BCUT2D eigenvalue weighted by Crippen LogP contribution is 2.29. The van der Waals surface area contributed by atoms with E-state index in [9.17, 15) is 9.59 Å². The average molecular weight is 423 g/mol. The number of carbonyl (C=O) groups excluding carboxylic acids is 2. The highest BCUT2D eigenvalue weighted by Gasteiger charge is 2.20. The van der Waals surface area contributed by atoms with Crippen LogP contribution in [0, 0.1) is 3.57 Å². The van der Waals surface area contributed by atoms with Gasteiger partial charge in [-0.1, -0.05) is 30.3 Å². The number of Topliss-reactive ketones (excluding diaryl/α,β-unsaturated/α-hetero) is 1. The molecule has 0 fully saturated rings. The zero-order valence-corrected chi connectivity index (χ0v) is 15.2. The van der Waals surface area contributed by atoms with E-state index in [1.54, 1.807) is 12.0 Å². The monoisotopic (exact) mass is 423 g/mol. The third-order valence-corrected chi connectivity index (χ3v) is 4.24. The summed E-state index contributed by atoms with van der Waals surface area (Å²) in [4.78, 5) is 25.6. The van der Waals surface area contributed by atoms with E-state index in [0.29, 0.717) is 12.3 Å². The minimum Gasteiger partial charge on any atom is -0.497 e. The summed E-state index contributed by atoms with van der Waals surface area (Å²) in [7, 11) is 1.59. The van der Waals surface area contributed by atoms with Crippen LogP contribution >= 0.6 is 22.6 Å². The maximum absolute atomic E-state index is 12.6. The number of halogens is 1. The highest BCUT2D eigenvalue weighted by atomic mass is 127. The second kappa shape index (κ2) is 8.10. The van der Waals surface area contributed by atoms with Crippen molar-refractivity contribution >= 4 is 40.0 Å². The van der Waals surface area contributed by atoms with Gasteiger partial charge in [0.05, 0.1) is 25.8 Å². The Labute approximate surface area is 149 Å². The first-order valence-electron chi connectivity index (χ1n) is 7.18. The Bertz CT molecular complexity index is 701. The number of benzene rings is 2. The fraction of sp³-hybridized carbons (Fsp3) is 0.222. The Hall–Kier alpha value is -1.89. The van der Waals surface area contributed by atoms with Crippen molar-refractivity contribution in [3.8, 4) is 5.75 Å². The Morgan fingerprint density at radius 2 is 1.83 bits per heavy atom. The van der Waals surface area contributed by atoms with E-state index in [4.69, 9.17) is 4.74 Å². The Morgan fingerprint density at radius 1 is 1.13 bits per heavy atom. The van der Waals surface area contributed by atoms with Crippen LogP contribution in [0.15, 0.2) is 48.5 Å². The van der Waals surface area contributed by atoms with Gasteiger partial charge in [-0.3, -0.25) is 9.59 Å². The quantitative estimate of drug-likeness (QED) is 0.525. The highest BCUT2D eigenvalue weighted by molar-refractivity contribution is 14.1. The van der Waals surface area contributed by atoms with Gasteiger partial charge >= 0.3 is 0 Å². The van der Waals surface area contributed by atoms with E-state index >= 15 is 0 Å². The molecule has 0 saturated heterocycles. The van der Waals surface area contributed by atoms with Gasteiger partial charge in [0.15, 0.2) is 0 Å². The van der Waals surface area contributed by atoms with Gasteiger partial charge in [0, 0.05) is 9.64 Å². The maximum atomic E-state index is 12.6. The minimum atomic E-state index is -0.215. The molecule has 0 radical (unpaired) electrons. The summed E-state index contributed by atoms with van der Waals surface area (Å²) in [6.07, 6.45) is -0.111. The zero-order valence-electron chi connectivity index (χ0n) is 13.1. The Kier molecular flexibility index (Phi) is 6.15.